The fraction of sp³-hybridized carbons (Fsp3) is 0.591. The smallest absolute Gasteiger partial charge is 0.335 e. The number of carboxylic acid groups (broad SMARTS) is 1. The van der Waals surface area contributed by atoms with Crippen LogP contribution in [-0.4, -0.2) is 11.1 Å². The summed E-state index contributed by atoms with van der Waals surface area (Å²) in [4.78, 5) is 11.0. The van der Waals surface area contributed by atoms with E-state index in [0.717, 1.165) is 17.8 Å². The molecule has 0 saturated heterocycles. The molecule has 0 aliphatic heterocycles. The third-order valence-corrected chi connectivity index (χ3v) is 6.46. The highest BCUT2D eigenvalue weighted by Crippen LogP contribution is 2.44. The van der Waals surface area contributed by atoms with Gasteiger partial charge in [-0.2, -0.15) is 0 Å². The van der Waals surface area contributed by atoms with Crippen LogP contribution in [0.25, 0.3) is 0 Å². The summed E-state index contributed by atoms with van der Waals surface area (Å²) in [5, 5.41) is 9.01. The number of rotatable bonds is 5. The van der Waals surface area contributed by atoms with Crippen LogP contribution >= 0.6 is 0 Å². The molecule has 0 heterocycles. The van der Waals surface area contributed by atoms with Crippen molar-refractivity contribution in [2.24, 2.45) is 17.8 Å². The van der Waals surface area contributed by atoms with Crippen LogP contribution in [0.2, 0.25) is 0 Å². The van der Waals surface area contributed by atoms with E-state index < -0.39 is 5.97 Å². The topological polar surface area (TPSA) is 37.3 Å². The molecule has 0 radical (unpaired) electrons. The van der Waals surface area contributed by atoms with E-state index in [1.807, 2.05) is 12.1 Å². The number of carboxylic acids is 1. The predicted molar refractivity (Wildman–Crippen MR) is 98.4 cm³/mol. The van der Waals surface area contributed by atoms with Gasteiger partial charge in [0.1, 0.15) is 0 Å². The first-order chi connectivity index (χ1) is 11.7. The van der Waals surface area contributed by atoms with Crippen molar-refractivity contribution >= 4 is 5.97 Å². The van der Waals surface area contributed by atoms with Crippen LogP contribution in [-0.2, 0) is 0 Å². The molecule has 2 nitrogen and oxygen atoms in total. The number of hydrogen-bond donors (Lipinski definition) is 1. The Balaban J connectivity index is 1.49. The van der Waals surface area contributed by atoms with E-state index in [-0.39, 0.29) is 0 Å². The van der Waals surface area contributed by atoms with Gasteiger partial charge in [0.2, 0.25) is 0 Å². The maximum absolute atomic E-state index is 11.0. The summed E-state index contributed by atoms with van der Waals surface area (Å²) in [6, 6.07) is 7.55. The first kappa shape index (κ1) is 17.3. The monoisotopic (exact) mass is 326 g/mol. The SMILES string of the molecule is C=CCC1CCC(C2CCC(c3ccc(C(=O)O)cc3)CC2)CC1. The van der Waals surface area contributed by atoms with Crippen molar-refractivity contribution in [2.45, 2.75) is 63.7 Å². The van der Waals surface area contributed by atoms with Crippen LogP contribution in [0.4, 0.5) is 0 Å². The molecular weight excluding hydrogens is 296 g/mol. The Bertz CT molecular complexity index is 544. The van der Waals surface area contributed by atoms with Crippen molar-refractivity contribution in [1.29, 1.82) is 0 Å². The molecule has 0 atom stereocenters. The molecular formula is C22H30O2. The lowest BCUT2D eigenvalue weighted by Gasteiger charge is -2.38. The summed E-state index contributed by atoms with van der Waals surface area (Å²) < 4.78 is 0. The molecule has 1 N–H and O–H groups in total. The fourth-order valence-electron chi connectivity index (χ4n) is 4.95. The Morgan fingerprint density at radius 1 is 0.958 bits per heavy atom. The van der Waals surface area contributed by atoms with Crippen LogP contribution in [0.1, 0.15) is 79.6 Å². The molecule has 24 heavy (non-hydrogen) atoms. The van der Waals surface area contributed by atoms with Crippen LogP contribution < -0.4 is 0 Å². The van der Waals surface area contributed by atoms with Gasteiger partial charge in [-0.05, 0) is 99.2 Å². The van der Waals surface area contributed by atoms with Crippen molar-refractivity contribution in [3.63, 3.8) is 0 Å². The lowest BCUT2D eigenvalue weighted by molar-refractivity contribution is 0.0697. The molecule has 2 aliphatic carbocycles. The second-order valence-electron chi connectivity index (χ2n) is 7.84. The van der Waals surface area contributed by atoms with Crippen LogP contribution in [0, 0.1) is 17.8 Å². The molecule has 3 rings (SSSR count). The molecule has 1 aromatic rings. The number of benzene rings is 1. The van der Waals surface area contributed by atoms with E-state index in [1.54, 1.807) is 12.1 Å². The normalized spacial score (nSPS) is 30.7. The molecule has 1 aromatic carbocycles. The zero-order valence-electron chi connectivity index (χ0n) is 14.6. The van der Waals surface area contributed by atoms with E-state index in [2.05, 4.69) is 12.7 Å². The number of aromatic carboxylic acids is 1. The lowest BCUT2D eigenvalue weighted by atomic mass is 9.68. The van der Waals surface area contributed by atoms with Gasteiger partial charge in [-0.25, -0.2) is 4.79 Å². The van der Waals surface area contributed by atoms with Crippen LogP contribution in [0.15, 0.2) is 36.9 Å². The maximum Gasteiger partial charge on any atom is 0.335 e. The molecule has 0 bridgehead atoms. The van der Waals surface area contributed by atoms with Gasteiger partial charge in [-0.3, -0.25) is 0 Å². The summed E-state index contributed by atoms with van der Waals surface area (Å²) in [5.74, 6) is 2.55. The van der Waals surface area contributed by atoms with Gasteiger partial charge in [0.25, 0.3) is 0 Å². The van der Waals surface area contributed by atoms with Gasteiger partial charge >= 0.3 is 5.97 Å². The summed E-state index contributed by atoms with van der Waals surface area (Å²) in [6.07, 6.45) is 14.2. The quantitative estimate of drug-likeness (QED) is 0.670. The molecule has 2 heteroatoms. The Morgan fingerprint density at radius 2 is 1.50 bits per heavy atom. The van der Waals surface area contributed by atoms with E-state index in [1.165, 1.54) is 63.4 Å². The highest BCUT2D eigenvalue weighted by atomic mass is 16.4. The van der Waals surface area contributed by atoms with Gasteiger partial charge in [-0.1, -0.05) is 18.2 Å². The molecule has 2 aliphatic rings. The standard InChI is InChI=1S/C22H30O2/c1-2-3-16-4-6-17(7-5-16)18-8-10-19(11-9-18)20-12-14-21(15-13-20)22(23)24/h2,12-19H,1,3-11H2,(H,23,24). The second kappa shape index (κ2) is 8.00. The summed E-state index contributed by atoms with van der Waals surface area (Å²) in [7, 11) is 0. The Labute approximate surface area is 146 Å². The largest absolute Gasteiger partial charge is 0.478 e. The van der Waals surface area contributed by atoms with Gasteiger partial charge in [-0.15, -0.1) is 6.58 Å². The molecule has 2 fully saturated rings. The first-order valence-corrected chi connectivity index (χ1v) is 9.61. The van der Waals surface area contributed by atoms with Crippen molar-refractivity contribution in [1.82, 2.24) is 0 Å². The number of hydrogen-bond acceptors (Lipinski definition) is 1. The van der Waals surface area contributed by atoms with Crippen molar-refractivity contribution in [3.05, 3.63) is 48.0 Å². The lowest BCUT2D eigenvalue weighted by Crippen LogP contribution is -2.25. The Morgan fingerprint density at radius 3 is 2.00 bits per heavy atom. The molecule has 0 amide bonds. The summed E-state index contributed by atoms with van der Waals surface area (Å²) in [5.41, 5.74) is 1.72. The van der Waals surface area contributed by atoms with Gasteiger partial charge in [0.15, 0.2) is 0 Å². The molecule has 130 valence electrons. The number of allylic oxidation sites excluding steroid dienone is 1. The molecule has 0 spiro atoms. The third-order valence-electron chi connectivity index (χ3n) is 6.46. The fourth-order valence-corrected chi connectivity index (χ4v) is 4.95. The average molecular weight is 326 g/mol. The van der Waals surface area contributed by atoms with Crippen molar-refractivity contribution in [3.8, 4) is 0 Å². The summed E-state index contributed by atoms with van der Waals surface area (Å²) >= 11 is 0. The van der Waals surface area contributed by atoms with Gasteiger partial charge in [0, 0.05) is 0 Å². The van der Waals surface area contributed by atoms with Gasteiger partial charge in [0.05, 0.1) is 5.56 Å². The zero-order valence-corrected chi connectivity index (χ0v) is 14.6. The van der Waals surface area contributed by atoms with Gasteiger partial charge < -0.3 is 5.11 Å². The first-order valence-electron chi connectivity index (χ1n) is 9.61. The van der Waals surface area contributed by atoms with E-state index in [4.69, 9.17) is 5.11 Å². The molecule has 2 saturated carbocycles. The zero-order chi connectivity index (χ0) is 16.9. The highest BCUT2D eigenvalue weighted by Gasteiger charge is 2.30. The van der Waals surface area contributed by atoms with Crippen LogP contribution in [0.5, 0.6) is 0 Å². The predicted octanol–water partition coefficient (Wildman–Crippen LogP) is 6.04. The minimum atomic E-state index is -0.836. The molecule has 0 unspecified atom stereocenters. The van der Waals surface area contributed by atoms with Crippen LogP contribution in [0.3, 0.4) is 0 Å². The number of carbonyl (C=O) groups is 1. The Kier molecular flexibility index (Phi) is 5.76. The second-order valence-corrected chi connectivity index (χ2v) is 7.84. The average Bonchev–Trinajstić information content (AvgIpc) is 2.63. The Hall–Kier alpha value is -1.57. The minimum Gasteiger partial charge on any atom is -0.478 e. The van der Waals surface area contributed by atoms with E-state index >= 15 is 0 Å². The van der Waals surface area contributed by atoms with E-state index in [0.29, 0.717) is 11.5 Å². The molecule has 0 aromatic heterocycles. The summed E-state index contributed by atoms with van der Waals surface area (Å²) in [6.45, 7) is 3.88. The maximum atomic E-state index is 11.0. The third kappa shape index (κ3) is 4.09. The van der Waals surface area contributed by atoms with Crippen molar-refractivity contribution in [2.75, 3.05) is 0 Å². The highest BCUT2D eigenvalue weighted by molar-refractivity contribution is 5.87. The minimum absolute atomic E-state index is 0.392. The van der Waals surface area contributed by atoms with Crippen molar-refractivity contribution < 1.29 is 9.90 Å². The van der Waals surface area contributed by atoms with E-state index in [9.17, 15) is 4.79 Å².